The van der Waals surface area contributed by atoms with Crippen LogP contribution in [0.3, 0.4) is 0 Å². The highest BCUT2D eigenvalue weighted by Gasteiger charge is 2.14. The van der Waals surface area contributed by atoms with Crippen LogP contribution in [0.4, 0.5) is 0 Å². The van der Waals surface area contributed by atoms with Crippen molar-refractivity contribution >= 4 is 34.5 Å². The van der Waals surface area contributed by atoms with Gasteiger partial charge in [0, 0.05) is 10.0 Å². The highest BCUT2D eigenvalue weighted by molar-refractivity contribution is 7.08. The van der Waals surface area contributed by atoms with E-state index < -0.39 is 0 Å². The second-order valence-corrected chi connectivity index (χ2v) is 5.40. The Kier molecular flexibility index (Phi) is 4.46. The van der Waals surface area contributed by atoms with E-state index in [1.165, 1.54) is 5.56 Å². The Labute approximate surface area is 115 Å². The third-order valence-corrected chi connectivity index (χ3v) is 3.64. The molecule has 0 saturated carbocycles. The molecule has 1 aromatic heterocycles. The van der Waals surface area contributed by atoms with E-state index in [0.29, 0.717) is 10.0 Å². The third kappa shape index (κ3) is 3.23. The van der Waals surface area contributed by atoms with Crippen LogP contribution in [0.15, 0.2) is 35.0 Å². The predicted molar refractivity (Wildman–Crippen MR) is 76.3 cm³/mol. The number of thiophene rings is 1. The minimum absolute atomic E-state index is 0.155. The summed E-state index contributed by atoms with van der Waals surface area (Å²) in [6.07, 6.45) is 0. The highest BCUT2D eigenvalue weighted by atomic mass is 35.5. The molecule has 1 atom stereocenters. The molecule has 4 heteroatoms. The Morgan fingerprint density at radius 3 is 2.41 bits per heavy atom. The third-order valence-electron chi connectivity index (χ3n) is 2.50. The van der Waals surface area contributed by atoms with Crippen molar-refractivity contribution in [1.29, 1.82) is 0 Å². The lowest BCUT2D eigenvalue weighted by molar-refractivity contribution is 0.632. The number of nitrogens with one attached hydrogen (secondary N) is 1. The predicted octanol–water partition coefficient (Wildman–Crippen LogP) is 4.75. The second kappa shape index (κ2) is 5.87. The molecule has 2 aromatic rings. The van der Waals surface area contributed by atoms with Crippen LogP contribution < -0.4 is 5.32 Å². The van der Waals surface area contributed by atoms with Crippen molar-refractivity contribution < 1.29 is 0 Å². The Morgan fingerprint density at radius 1 is 1.18 bits per heavy atom. The molecule has 1 heterocycles. The van der Waals surface area contributed by atoms with Crippen molar-refractivity contribution in [1.82, 2.24) is 5.32 Å². The summed E-state index contributed by atoms with van der Waals surface area (Å²) >= 11 is 13.8. The lowest BCUT2D eigenvalue weighted by atomic mass is 10.0. The molecule has 2 rings (SSSR count). The van der Waals surface area contributed by atoms with Gasteiger partial charge in [0.1, 0.15) is 0 Å². The summed E-state index contributed by atoms with van der Waals surface area (Å²) in [5.74, 6) is 0. The monoisotopic (exact) mass is 285 g/mol. The Morgan fingerprint density at radius 2 is 1.88 bits per heavy atom. The molecule has 1 aromatic carbocycles. The first-order chi connectivity index (χ1) is 8.20. The average Bonchev–Trinajstić information content (AvgIpc) is 2.77. The van der Waals surface area contributed by atoms with E-state index in [0.717, 1.165) is 12.1 Å². The Balaban J connectivity index is 2.38. The van der Waals surface area contributed by atoms with Crippen LogP contribution in [-0.2, 0) is 0 Å². The van der Waals surface area contributed by atoms with Crippen LogP contribution in [-0.4, -0.2) is 6.54 Å². The minimum atomic E-state index is 0.155. The smallest absolute Gasteiger partial charge is 0.0585 e. The number of benzene rings is 1. The summed E-state index contributed by atoms with van der Waals surface area (Å²) in [6, 6.07) is 7.94. The summed E-state index contributed by atoms with van der Waals surface area (Å²) in [4.78, 5) is 0. The van der Waals surface area contributed by atoms with Crippen LogP contribution >= 0.6 is 34.5 Å². The zero-order chi connectivity index (χ0) is 12.3. The molecule has 0 fully saturated rings. The minimum Gasteiger partial charge on any atom is -0.307 e. The summed E-state index contributed by atoms with van der Waals surface area (Å²) in [5, 5.41) is 9.01. The molecular formula is C13H13Cl2NS. The van der Waals surface area contributed by atoms with Crippen molar-refractivity contribution in [2.45, 2.75) is 13.0 Å². The first-order valence-electron chi connectivity index (χ1n) is 5.42. The Hall–Kier alpha value is -0.540. The topological polar surface area (TPSA) is 12.0 Å². The van der Waals surface area contributed by atoms with Gasteiger partial charge in [-0.15, -0.1) is 0 Å². The fourth-order valence-electron chi connectivity index (χ4n) is 1.81. The van der Waals surface area contributed by atoms with E-state index in [4.69, 9.17) is 23.2 Å². The molecule has 0 saturated heterocycles. The van der Waals surface area contributed by atoms with E-state index in [-0.39, 0.29) is 6.04 Å². The van der Waals surface area contributed by atoms with Crippen molar-refractivity contribution in [2.24, 2.45) is 0 Å². The molecule has 0 aliphatic carbocycles. The van der Waals surface area contributed by atoms with Gasteiger partial charge in [-0.1, -0.05) is 30.1 Å². The summed E-state index contributed by atoms with van der Waals surface area (Å²) in [6.45, 7) is 2.98. The van der Waals surface area contributed by atoms with Crippen LogP contribution in [0.1, 0.15) is 24.1 Å². The van der Waals surface area contributed by atoms with Crippen LogP contribution in [0.2, 0.25) is 10.0 Å². The fourth-order valence-corrected chi connectivity index (χ4v) is 3.04. The first kappa shape index (κ1) is 12.9. The largest absolute Gasteiger partial charge is 0.307 e. The molecule has 1 nitrogen and oxygen atoms in total. The molecule has 1 N–H and O–H groups in total. The Bertz CT molecular complexity index is 462. The molecule has 90 valence electrons. The summed E-state index contributed by atoms with van der Waals surface area (Å²) in [7, 11) is 0. The molecule has 0 bridgehead atoms. The van der Waals surface area contributed by atoms with Gasteiger partial charge in [-0.25, -0.2) is 0 Å². The standard InChI is InChI=1S/C13H13Cl2NS/c1-2-16-13(9-3-4-17-8-9)10-5-11(14)7-12(15)6-10/h3-8,13,16H,2H2,1H3. The SMILES string of the molecule is CCNC(c1ccsc1)c1cc(Cl)cc(Cl)c1. The number of hydrogen-bond acceptors (Lipinski definition) is 2. The van der Waals surface area contributed by atoms with Gasteiger partial charge in [0.2, 0.25) is 0 Å². The molecule has 0 aliphatic rings. The van der Waals surface area contributed by atoms with E-state index >= 15 is 0 Å². The van der Waals surface area contributed by atoms with E-state index in [2.05, 4.69) is 29.1 Å². The molecule has 0 spiro atoms. The molecule has 0 radical (unpaired) electrons. The van der Waals surface area contributed by atoms with Crippen LogP contribution in [0, 0.1) is 0 Å². The molecule has 0 aliphatic heterocycles. The van der Waals surface area contributed by atoms with Crippen molar-refractivity contribution in [3.63, 3.8) is 0 Å². The summed E-state index contributed by atoms with van der Waals surface area (Å²) < 4.78 is 0. The van der Waals surface area contributed by atoms with Gasteiger partial charge in [-0.05, 0) is 52.7 Å². The van der Waals surface area contributed by atoms with E-state index in [1.807, 2.05) is 12.1 Å². The molecule has 0 amide bonds. The van der Waals surface area contributed by atoms with E-state index in [9.17, 15) is 0 Å². The maximum absolute atomic E-state index is 6.05. The maximum atomic E-state index is 6.05. The normalized spacial score (nSPS) is 12.6. The van der Waals surface area contributed by atoms with Gasteiger partial charge in [-0.3, -0.25) is 0 Å². The van der Waals surface area contributed by atoms with Crippen molar-refractivity contribution in [2.75, 3.05) is 6.54 Å². The van der Waals surface area contributed by atoms with E-state index in [1.54, 1.807) is 17.4 Å². The first-order valence-corrected chi connectivity index (χ1v) is 7.12. The van der Waals surface area contributed by atoms with Crippen LogP contribution in [0.25, 0.3) is 0 Å². The van der Waals surface area contributed by atoms with Gasteiger partial charge in [0.05, 0.1) is 6.04 Å². The van der Waals surface area contributed by atoms with Crippen molar-refractivity contribution in [3.8, 4) is 0 Å². The van der Waals surface area contributed by atoms with Crippen molar-refractivity contribution in [3.05, 3.63) is 56.2 Å². The van der Waals surface area contributed by atoms with Crippen LogP contribution in [0.5, 0.6) is 0 Å². The lowest BCUT2D eigenvalue weighted by Gasteiger charge is -2.18. The van der Waals surface area contributed by atoms with Gasteiger partial charge in [0.15, 0.2) is 0 Å². The molecule has 17 heavy (non-hydrogen) atoms. The summed E-state index contributed by atoms with van der Waals surface area (Å²) in [5.41, 5.74) is 2.35. The lowest BCUT2D eigenvalue weighted by Crippen LogP contribution is -2.21. The second-order valence-electron chi connectivity index (χ2n) is 3.75. The van der Waals surface area contributed by atoms with Gasteiger partial charge < -0.3 is 5.32 Å². The zero-order valence-corrected chi connectivity index (χ0v) is 11.7. The number of halogens is 2. The quantitative estimate of drug-likeness (QED) is 0.855. The van der Waals surface area contributed by atoms with Gasteiger partial charge in [0.25, 0.3) is 0 Å². The average molecular weight is 286 g/mol. The molecular weight excluding hydrogens is 273 g/mol. The fraction of sp³-hybridized carbons (Fsp3) is 0.231. The number of rotatable bonds is 4. The maximum Gasteiger partial charge on any atom is 0.0585 e. The molecule has 1 unspecified atom stereocenters. The van der Waals surface area contributed by atoms with Gasteiger partial charge >= 0.3 is 0 Å². The zero-order valence-electron chi connectivity index (χ0n) is 9.41. The highest BCUT2D eigenvalue weighted by Crippen LogP contribution is 2.28. The number of hydrogen-bond donors (Lipinski definition) is 1. The van der Waals surface area contributed by atoms with Gasteiger partial charge in [-0.2, -0.15) is 11.3 Å².